The van der Waals surface area contributed by atoms with E-state index in [4.69, 9.17) is 9.47 Å². The van der Waals surface area contributed by atoms with Crippen molar-refractivity contribution in [2.24, 2.45) is 0 Å². The predicted octanol–water partition coefficient (Wildman–Crippen LogP) is 3.13. The van der Waals surface area contributed by atoms with Gasteiger partial charge in [0.1, 0.15) is 0 Å². The van der Waals surface area contributed by atoms with Crippen LogP contribution in [-0.4, -0.2) is 53.0 Å². The third-order valence-electron chi connectivity index (χ3n) is 5.13. The van der Waals surface area contributed by atoms with E-state index in [0.717, 1.165) is 19.6 Å². The molecule has 23 heavy (non-hydrogen) atoms. The summed E-state index contributed by atoms with van der Waals surface area (Å²) in [6.45, 7) is 4.02. The SMILES string of the molecule is C[C@H](c1ccccc1[Se][C@H]1CCCO[C@]12CCCCO2)N(C)C. The Balaban J connectivity index is 1.82. The Bertz CT molecular complexity index is 506. The van der Waals surface area contributed by atoms with Crippen molar-refractivity contribution < 1.29 is 9.47 Å². The van der Waals surface area contributed by atoms with E-state index in [0.29, 0.717) is 25.8 Å². The summed E-state index contributed by atoms with van der Waals surface area (Å²) in [5.41, 5.74) is 1.47. The van der Waals surface area contributed by atoms with Crippen LogP contribution in [0.3, 0.4) is 0 Å². The normalized spacial score (nSPS) is 29.8. The van der Waals surface area contributed by atoms with E-state index >= 15 is 0 Å². The van der Waals surface area contributed by atoms with Gasteiger partial charge in [-0.25, -0.2) is 0 Å². The Morgan fingerprint density at radius 3 is 2.57 bits per heavy atom. The fraction of sp³-hybridized carbons (Fsp3) is 0.684. The fourth-order valence-corrected chi connectivity index (χ4v) is 6.76. The zero-order valence-corrected chi connectivity index (χ0v) is 16.3. The van der Waals surface area contributed by atoms with Gasteiger partial charge in [0.15, 0.2) is 0 Å². The van der Waals surface area contributed by atoms with Gasteiger partial charge in [-0.1, -0.05) is 0 Å². The molecule has 128 valence electrons. The van der Waals surface area contributed by atoms with E-state index in [9.17, 15) is 0 Å². The number of hydrogen-bond acceptors (Lipinski definition) is 3. The van der Waals surface area contributed by atoms with E-state index in [2.05, 4.69) is 50.2 Å². The predicted molar refractivity (Wildman–Crippen MR) is 95.4 cm³/mol. The molecule has 0 unspecified atom stereocenters. The Hall–Kier alpha value is -0.381. The molecule has 4 heteroatoms. The van der Waals surface area contributed by atoms with Crippen LogP contribution < -0.4 is 4.46 Å². The van der Waals surface area contributed by atoms with Crippen LogP contribution in [0.15, 0.2) is 24.3 Å². The van der Waals surface area contributed by atoms with Crippen LogP contribution in [-0.2, 0) is 9.47 Å². The zero-order chi connectivity index (χ0) is 16.3. The van der Waals surface area contributed by atoms with Crippen LogP contribution in [0.1, 0.15) is 50.6 Å². The summed E-state index contributed by atoms with van der Waals surface area (Å²) < 4.78 is 14.0. The number of ether oxygens (including phenoxy) is 2. The molecule has 3 rings (SSSR count). The molecule has 0 aliphatic carbocycles. The third-order valence-corrected chi connectivity index (χ3v) is 8.28. The molecule has 3 nitrogen and oxygen atoms in total. The van der Waals surface area contributed by atoms with Gasteiger partial charge in [-0.15, -0.1) is 0 Å². The number of benzene rings is 1. The number of hydrogen-bond donors (Lipinski definition) is 0. The average molecular weight is 382 g/mol. The van der Waals surface area contributed by atoms with Gasteiger partial charge < -0.3 is 0 Å². The van der Waals surface area contributed by atoms with Crippen molar-refractivity contribution in [1.82, 2.24) is 4.90 Å². The Morgan fingerprint density at radius 2 is 1.87 bits per heavy atom. The first-order valence-corrected chi connectivity index (χ1v) is 10.7. The van der Waals surface area contributed by atoms with E-state index in [1.807, 2.05) is 0 Å². The number of rotatable bonds is 4. The molecule has 2 aliphatic rings. The van der Waals surface area contributed by atoms with Crippen LogP contribution in [0.5, 0.6) is 0 Å². The summed E-state index contributed by atoms with van der Waals surface area (Å²) >= 11 is 0.388. The van der Waals surface area contributed by atoms with E-state index in [-0.39, 0.29) is 5.79 Å². The zero-order valence-electron chi connectivity index (χ0n) is 14.6. The maximum absolute atomic E-state index is 6.22. The topological polar surface area (TPSA) is 21.7 Å². The van der Waals surface area contributed by atoms with Crippen molar-refractivity contribution in [3.05, 3.63) is 29.8 Å². The Labute approximate surface area is 146 Å². The van der Waals surface area contributed by atoms with Gasteiger partial charge in [0.2, 0.25) is 0 Å². The summed E-state index contributed by atoms with van der Waals surface area (Å²) in [4.78, 5) is 2.83. The van der Waals surface area contributed by atoms with Crippen LogP contribution in [0, 0.1) is 0 Å². The molecule has 2 aliphatic heterocycles. The van der Waals surface area contributed by atoms with Crippen LogP contribution in [0.2, 0.25) is 4.82 Å². The van der Waals surface area contributed by atoms with Crippen molar-refractivity contribution >= 4 is 19.4 Å². The molecule has 2 fully saturated rings. The molecule has 0 saturated carbocycles. The molecular formula is C19H29NO2Se. The second kappa shape index (κ2) is 7.67. The third kappa shape index (κ3) is 3.83. The Kier molecular flexibility index (Phi) is 5.82. The molecule has 3 atom stereocenters. The maximum atomic E-state index is 6.22. The van der Waals surface area contributed by atoms with Crippen molar-refractivity contribution in [3.8, 4) is 0 Å². The van der Waals surface area contributed by atoms with Gasteiger partial charge in [0.05, 0.1) is 0 Å². The first-order chi connectivity index (χ1) is 11.1. The van der Waals surface area contributed by atoms with E-state index < -0.39 is 0 Å². The quantitative estimate of drug-likeness (QED) is 0.747. The van der Waals surface area contributed by atoms with Gasteiger partial charge in [-0.3, -0.25) is 0 Å². The summed E-state index contributed by atoms with van der Waals surface area (Å²) in [5.74, 6) is -0.287. The minimum absolute atomic E-state index is 0.287. The van der Waals surface area contributed by atoms with Gasteiger partial charge in [0, 0.05) is 0 Å². The molecule has 1 aromatic rings. The van der Waals surface area contributed by atoms with E-state index in [1.54, 1.807) is 0 Å². The van der Waals surface area contributed by atoms with E-state index in [1.165, 1.54) is 35.7 Å². The molecular weight excluding hydrogens is 353 g/mol. The van der Waals surface area contributed by atoms with Crippen molar-refractivity contribution in [3.63, 3.8) is 0 Å². The second-order valence-electron chi connectivity index (χ2n) is 6.89. The minimum atomic E-state index is -0.287. The van der Waals surface area contributed by atoms with Crippen LogP contribution >= 0.6 is 0 Å². The summed E-state index contributed by atoms with van der Waals surface area (Å²) in [6.07, 6.45) is 5.90. The van der Waals surface area contributed by atoms with Gasteiger partial charge in [-0.05, 0) is 0 Å². The average Bonchev–Trinajstić information content (AvgIpc) is 2.58. The molecule has 1 spiro atoms. The van der Waals surface area contributed by atoms with Gasteiger partial charge >= 0.3 is 147 Å². The van der Waals surface area contributed by atoms with Gasteiger partial charge in [-0.2, -0.15) is 0 Å². The van der Waals surface area contributed by atoms with Crippen molar-refractivity contribution in [1.29, 1.82) is 0 Å². The first kappa shape index (κ1) is 17.4. The summed E-state index contributed by atoms with van der Waals surface area (Å²) in [6, 6.07) is 9.40. The molecule has 0 radical (unpaired) electrons. The van der Waals surface area contributed by atoms with Crippen LogP contribution in [0.4, 0.5) is 0 Å². The molecule has 2 saturated heterocycles. The molecule has 1 aromatic carbocycles. The fourth-order valence-electron chi connectivity index (χ4n) is 3.50. The van der Waals surface area contributed by atoms with Gasteiger partial charge in [0.25, 0.3) is 0 Å². The van der Waals surface area contributed by atoms with Crippen molar-refractivity contribution in [2.45, 2.75) is 55.7 Å². The summed E-state index contributed by atoms with van der Waals surface area (Å²) in [7, 11) is 4.31. The van der Waals surface area contributed by atoms with Crippen LogP contribution in [0.25, 0.3) is 0 Å². The standard InChI is InChI=1S/C19H29NO2Se/c1-15(20(2)3)16-9-4-5-10-17(16)23-18-11-8-14-22-19(18)12-6-7-13-21-19/h4-5,9-10,15,18H,6-8,11-14H2,1-3H3/t15-,18+,19-/m1/s1. The van der Waals surface area contributed by atoms with Crippen molar-refractivity contribution in [2.75, 3.05) is 27.3 Å². The second-order valence-corrected chi connectivity index (χ2v) is 9.50. The molecule has 0 aromatic heterocycles. The summed E-state index contributed by atoms with van der Waals surface area (Å²) in [5, 5.41) is 0. The monoisotopic (exact) mass is 383 g/mol. The molecule has 0 amide bonds. The molecule has 0 N–H and O–H groups in total. The molecule has 0 bridgehead atoms. The first-order valence-electron chi connectivity index (χ1n) is 8.82. The Morgan fingerprint density at radius 1 is 1.13 bits per heavy atom. The molecule has 2 heterocycles. The number of nitrogens with zero attached hydrogens (tertiary/aromatic N) is 1.